The summed E-state index contributed by atoms with van der Waals surface area (Å²) in [5, 5.41) is 4.42. The molecule has 5 nitrogen and oxygen atoms in total. The minimum atomic E-state index is -0.338. The van der Waals surface area contributed by atoms with Crippen LogP contribution in [0.5, 0.6) is 0 Å². The minimum absolute atomic E-state index is 0.138. The fourth-order valence-electron chi connectivity index (χ4n) is 3.31. The Bertz CT molecular complexity index is 1200. The van der Waals surface area contributed by atoms with E-state index < -0.39 is 0 Å². The Morgan fingerprint density at radius 3 is 2.48 bits per heavy atom. The molecule has 0 radical (unpaired) electrons. The number of rotatable bonds is 4. The lowest BCUT2D eigenvalue weighted by molar-refractivity contribution is 0.605. The topological polar surface area (TPSA) is 69.1 Å². The minimum Gasteiger partial charge on any atom is -0.368 e. The first kappa shape index (κ1) is 19.4. The van der Waals surface area contributed by atoms with Crippen LogP contribution in [0.3, 0.4) is 0 Å². The molecule has 0 fully saturated rings. The van der Waals surface area contributed by atoms with Gasteiger partial charge in [0.2, 0.25) is 5.95 Å². The maximum atomic E-state index is 14.5. The molecule has 4 rings (SSSR count). The van der Waals surface area contributed by atoms with Crippen LogP contribution in [0.25, 0.3) is 16.9 Å². The van der Waals surface area contributed by atoms with Crippen molar-refractivity contribution in [2.24, 2.45) is 0 Å². The van der Waals surface area contributed by atoms with E-state index in [0.717, 1.165) is 5.56 Å². The van der Waals surface area contributed by atoms with Gasteiger partial charge in [-0.2, -0.15) is 4.52 Å². The standard InChI is InChI=1S/C21H18BrF2N5/c1-11(2)14-4-3-5-16(24)15(14)10-17-26-20-18(22)19(27-21(25)29(20)28-17)12-6-8-13(23)9-7-12/h3-9,11H,10H2,1-2H3,(H2,25,27). The van der Waals surface area contributed by atoms with Gasteiger partial charge in [-0.25, -0.2) is 18.7 Å². The summed E-state index contributed by atoms with van der Waals surface area (Å²) in [5.74, 6) is 0.115. The fraction of sp³-hybridized carbons (Fsp3) is 0.190. The molecule has 0 aliphatic rings. The lowest BCUT2D eigenvalue weighted by Crippen LogP contribution is -2.05. The van der Waals surface area contributed by atoms with E-state index in [4.69, 9.17) is 5.73 Å². The van der Waals surface area contributed by atoms with E-state index >= 15 is 0 Å². The van der Waals surface area contributed by atoms with E-state index in [-0.39, 0.29) is 29.9 Å². The zero-order valence-corrected chi connectivity index (χ0v) is 17.4. The van der Waals surface area contributed by atoms with Crippen LogP contribution in [0.15, 0.2) is 46.9 Å². The third-order valence-electron chi connectivity index (χ3n) is 4.73. The number of nitrogens with two attached hydrogens (primary N) is 1. The van der Waals surface area contributed by atoms with E-state index in [1.807, 2.05) is 19.9 Å². The average molecular weight is 458 g/mol. The highest BCUT2D eigenvalue weighted by Crippen LogP contribution is 2.31. The van der Waals surface area contributed by atoms with Crippen molar-refractivity contribution in [1.82, 2.24) is 19.6 Å². The predicted molar refractivity (Wildman–Crippen MR) is 112 cm³/mol. The van der Waals surface area contributed by atoms with Gasteiger partial charge in [-0.15, -0.1) is 5.10 Å². The number of benzene rings is 2. The highest BCUT2D eigenvalue weighted by atomic mass is 79.9. The number of nitrogen functional groups attached to an aromatic ring is 1. The molecule has 2 heterocycles. The molecule has 0 aliphatic heterocycles. The summed E-state index contributed by atoms with van der Waals surface area (Å²) in [6, 6.07) is 11.0. The number of aromatic nitrogens is 4. The van der Waals surface area contributed by atoms with Gasteiger partial charge in [0.05, 0.1) is 10.2 Å². The molecule has 2 N–H and O–H groups in total. The Hall–Kier alpha value is -2.87. The van der Waals surface area contributed by atoms with Crippen molar-refractivity contribution in [2.75, 3.05) is 5.73 Å². The van der Waals surface area contributed by atoms with Gasteiger partial charge in [0.25, 0.3) is 0 Å². The molecule has 0 spiro atoms. The van der Waals surface area contributed by atoms with E-state index in [2.05, 4.69) is 31.0 Å². The van der Waals surface area contributed by atoms with Gasteiger partial charge in [-0.3, -0.25) is 0 Å². The summed E-state index contributed by atoms with van der Waals surface area (Å²) in [5.41, 5.74) is 9.26. The molecule has 8 heteroatoms. The zero-order valence-electron chi connectivity index (χ0n) is 15.8. The van der Waals surface area contributed by atoms with Crippen molar-refractivity contribution in [3.8, 4) is 11.3 Å². The lowest BCUT2D eigenvalue weighted by atomic mass is 9.95. The van der Waals surface area contributed by atoms with E-state index in [0.29, 0.717) is 32.8 Å². The molecule has 2 aromatic heterocycles. The predicted octanol–water partition coefficient (Wildman–Crippen LogP) is 5.13. The molecule has 0 aliphatic carbocycles. The van der Waals surface area contributed by atoms with Crippen molar-refractivity contribution in [2.45, 2.75) is 26.2 Å². The quantitative estimate of drug-likeness (QED) is 0.461. The van der Waals surface area contributed by atoms with Gasteiger partial charge in [-0.1, -0.05) is 26.0 Å². The Labute approximate surface area is 174 Å². The van der Waals surface area contributed by atoms with Crippen LogP contribution in [0, 0.1) is 11.6 Å². The Morgan fingerprint density at radius 1 is 1.07 bits per heavy atom. The molecule has 2 aromatic carbocycles. The van der Waals surface area contributed by atoms with Gasteiger partial charge < -0.3 is 5.73 Å². The van der Waals surface area contributed by atoms with Gasteiger partial charge in [0, 0.05) is 12.0 Å². The highest BCUT2D eigenvalue weighted by Gasteiger charge is 2.19. The molecule has 0 bridgehead atoms. The normalized spacial score (nSPS) is 11.5. The van der Waals surface area contributed by atoms with E-state index in [9.17, 15) is 8.78 Å². The smallest absolute Gasteiger partial charge is 0.223 e. The zero-order chi connectivity index (χ0) is 20.7. The summed E-state index contributed by atoms with van der Waals surface area (Å²) in [7, 11) is 0. The van der Waals surface area contributed by atoms with Gasteiger partial charge in [0.1, 0.15) is 11.6 Å². The first-order chi connectivity index (χ1) is 13.8. The third kappa shape index (κ3) is 3.60. The number of hydrogen-bond donors (Lipinski definition) is 1. The van der Waals surface area contributed by atoms with Crippen LogP contribution < -0.4 is 5.73 Å². The summed E-state index contributed by atoms with van der Waals surface area (Å²) in [6.07, 6.45) is 0.236. The van der Waals surface area contributed by atoms with Crippen LogP contribution in [0.4, 0.5) is 14.7 Å². The second-order valence-corrected chi connectivity index (χ2v) is 7.84. The number of anilines is 1. The largest absolute Gasteiger partial charge is 0.368 e. The Balaban J connectivity index is 1.81. The Kier molecular flexibility index (Phi) is 5.04. The van der Waals surface area contributed by atoms with E-state index in [1.165, 1.54) is 22.7 Å². The summed E-state index contributed by atoms with van der Waals surface area (Å²) in [4.78, 5) is 8.94. The van der Waals surface area contributed by atoms with Crippen LogP contribution in [-0.4, -0.2) is 19.6 Å². The first-order valence-electron chi connectivity index (χ1n) is 9.09. The third-order valence-corrected chi connectivity index (χ3v) is 5.46. The second-order valence-electron chi connectivity index (χ2n) is 7.04. The van der Waals surface area contributed by atoms with Crippen LogP contribution in [0.1, 0.15) is 36.7 Å². The van der Waals surface area contributed by atoms with Crippen molar-refractivity contribution >= 4 is 27.5 Å². The highest BCUT2D eigenvalue weighted by molar-refractivity contribution is 9.10. The SMILES string of the molecule is CC(C)c1cccc(F)c1Cc1nc2c(Br)c(-c3ccc(F)cc3)nc(N)n2n1. The molecule has 148 valence electrons. The van der Waals surface area contributed by atoms with Crippen molar-refractivity contribution in [1.29, 1.82) is 0 Å². The number of hydrogen-bond acceptors (Lipinski definition) is 4. The molecular formula is C21H18BrF2N5. The monoisotopic (exact) mass is 457 g/mol. The molecule has 0 saturated carbocycles. The second kappa shape index (κ2) is 7.51. The van der Waals surface area contributed by atoms with Gasteiger partial charge in [-0.05, 0) is 63.3 Å². The molecule has 0 unspecified atom stereocenters. The van der Waals surface area contributed by atoms with Crippen LogP contribution in [-0.2, 0) is 6.42 Å². The van der Waals surface area contributed by atoms with Crippen LogP contribution >= 0.6 is 15.9 Å². The van der Waals surface area contributed by atoms with Crippen molar-refractivity contribution < 1.29 is 8.78 Å². The van der Waals surface area contributed by atoms with Gasteiger partial charge in [0.15, 0.2) is 11.5 Å². The maximum Gasteiger partial charge on any atom is 0.223 e. The molecule has 4 aromatic rings. The molecule has 0 saturated heterocycles. The summed E-state index contributed by atoms with van der Waals surface area (Å²) < 4.78 is 29.7. The number of fused-ring (bicyclic) bond motifs is 1. The number of nitrogens with zero attached hydrogens (tertiary/aromatic N) is 4. The number of halogens is 3. The first-order valence-corrected chi connectivity index (χ1v) is 9.88. The van der Waals surface area contributed by atoms with Gasteiger partial charge >= 0.3 is 0 Å². The summed E-state index contributed by atoms with van der Waals surface area (Å²) >= 11 is 3.51. The maximum absolute atomic E-state index is 14.5. The summed E-state index contributed by atoms with van der Waals surface area (Å²) in [6.45, 7) is 4.03. The van der Waals surface area contributed by atoms with Crippen molar-refractivity contribution in [3.63, 3.8) is 0 Å². The molecule has 29 heavy (non-hydrogen) atoms. The lowest BCUT2D eigenvalue weighted by Gasteiger charge is -2.12. The molecule has 0 atom stereocenters. The van der Waals surface area contributed by atoms with Crippen LogP contribution in [0.2, 0.25) is 0 Å². The molecule has 0 amide bonds. The fourth-order valence-corrected chi connectivity index (χ4v) is 3.88. The Morgan fingerprint density at radius 2 is 1.79 bits per heavy atom. The molecular weight excluding hydrogens is 440 g/mol. The van der Waals surface area contributed by atoms with E-state index in [1.54, 1.807) is 18.2 Å². The average Bonchev–Trinajstić information content (AvgIpc) is 3.12. The van der Waals surface area contributed by atoms with Crippen molar-refractivity contribution in [3.05, 3.63) is 75.5 Å².